The minimum absolute atomic E-state index is 0.0352. The van der Waals surface area contributed by atoms with Crippen LogP contribution in [0.15, 0.2) is 18.2 Å². The molecule has 0 saturated heterocycles. The molecule has 2 rings (SSSR count). The maximum atomic E-state index is 11.3. The Balaban J connectivity index is 2.64. The largest absolute Gasteiger partial charge is 0.426 e. The Morgan fingerprint density at radius 2 is 2.14 bits per heavy atom. The monoisotopic (exact) mass is 190 g/mol. The quantitative estimate of drug-likeness (QED) is 0.386. The van der Waals surface area contributed by atoms with Crippen LogP contribution in [0.1, 0.15) is 35.7 Å². The Morgan fingerprint density at radius 3 is 2.79 bits per heavy atom. The molecule has 1 unspecified atom stereocenters. The summed E-state index contributed by atoms with van der Waals surface area (Å²) in [7, 11) is 0. The third-order valence-electron chi connectivity index (χ3n) is 2.44. The molecule has 0 fully saturated rings. The Bertz CT molecular complexity index is 421. The number of Topliss-reactive ketones (excluding diaryl/α,β-unsaturated/α-hetero) is 1. The zero-order valence-corrected chi connectivity index (χ0v) is 8.03. The van der Waals surface area contributed by atoms with Crippen molar-refractivity contribution < 1.29 is 14.3 Å². The summed E-state index contributed by atoms with van der Waals surface area (Å²) in [6, 6.07) is 5.16. The van der Waals surface area contributed by atoms with E-state index in [1.165, 1.54) is 6.92 Å². The summed E-state index contributed by atoms with van der Waals surface area (Å²) in [6.45, 7) is 3.24. The van der Waals surface area contributed by atoms with E-state index in [0.717, 1.165) is 5.56 Å². The van der Waals surface area contributed by atoms with Gasteiger partial charge in [-0.25, -0.2) is 0 Å². The van der Waals surface area contributed by atoms with Gasteiger partial charge in [0, 0.05) is 11.1 Å². The number of ether oxygens (including phenoxy) is 1. The summed E-state index contributed by atoms with van der Waals surface area (Å²) in [5.41, 5.74) is 1.31. The van der Waals surface area contributed by atoms with Gasteiger partial charge in [0.15, 0.2) is 5.78 Å². The first-order chi connectivity index (χ1) is 6.61. The zero-order valence-electron chi connectivity index (χ0n) is 8.03. The lowest BCUT2D eigenvalue weighted by Crippen LogP contribution is -2.07. The molecule has 3 nitrogen and oxygen atoms in total. The van der Waals surface area contributed by atoms with E-state index in [9.17, 15) is 9.59 Å². The van der Waals surface area contributed by atoms with Crippen LogP contribution >= 0.6 is 0 Å². The Morgan fingerprint density at radius 1 is 1.43 bits per heavy atom. The van der Waals surface area contributed by atoms with Crippen molar-refractivity contribution in [1.82, 2.24) is 0 Å². The number of fused-ring (bicyclic) bond motifs is 1. The summed E-state index contributed by atoms with van der Waals surface area (Å²) in [6.07, 6.45) is 0. The SMILES string of the molecule is CC(=O)c1cccc2c1C(C)C(=O)O2. The predicted octanol–water partition coefficient (Wildman–Crippen LogP) is 1.91. The molecule has 0 radical (unpaired) electrons. The van der Waals surface area contributed by atoms with Crippen molar-refractivity contribution in [3.8, 4) is 5.75 Å². The van der Waals surface area contributed by atoms with Crippen LogP contribution in [0.4, 0.5) is 0 Å². The molecule has 0 saturated carbocycles. The number of carbonyl (C=O) groups excluding carboxylic acids is 2. The molecule has 0 N–H and O–H groups in total. The minimum Gasteiger partial charge on any atom is -0.426 e. The van der Waals surface area contributed by atoms with Gasteiger partial charge in [-0.3, -0.25) is 9.59 Å². The van der Waals surface area contributed by atoms with Crippen LogP contribution in [0.2, 0.25) is 0 Å². The number of benzene rings is 1. The number of esters is 1. The van der Waals surface area contributed by atoms with E-state index < -0.39 is 0 Å². The van der Waals surface area contributed by atoms with Crippen molar-refractivity contribution in [2.45, 2.75) is 19.8 Å². The standard InChI is InChI=1S/C11H10O3/c1-6-10-8(7(2)12)4-3-5-9(10)14-11(6)13/h3-6H,1-2H3. The molecule has 1 atom stereocenters. The van der Waals surface area contributed by atoms with Gasteiger partial charge in [-0.15, -0.1) is 0 Å². The van der Waals surface area contributed by atoms with E-state index >= 15 is 0 Å². The van der Waals surface area contributed by atoms with Crippen molar-refractivity contribution >= 4 is 11.8 Å². The van der Waals surface area contributed by atoms with Gasteiger partial charge in [-0.05, 0) is 19.9 Å². The summed E-state index contributed by atoms with van der Waals surface area (Å²) < 4.78 is 5.02. The highest BCUT2D eigenvalue weighted by Gasteiger charge is 2.32. The lowest BCUT2D eigenvalue weighted by molar-refractivity contribution is -0.133. The number of hydrogen-bond acceptors (Lipinski definition) is 3. The summed E-state index contributed by atoms with van der Waals surface area (Å²) in [5, 5.41) is 0. The molecule has 1 aromatic rings. The molecule has 1 aliphatic heterocycles. The number of carbonyl (C=O) groups is 2. The molecule has 1 aromatic carbocycles. The van der Waals surface area contributed by atoms with Gasteiger partial charge in [0.1, 0.15) is 5.75 Å². The number of hydrogen-bond donors (Lipinski definition) is 0. The van der Waals surface area contributed by atoms with Crippen molar-refractivity contribution in [3.05, 3.63) is 29.3 Å². The summed E-state index contributed by atoms with van der Waals surface area (Å²) >= 11 is 0. The summed E-state index contributed by atoms with van der Waals surface area (Å²) in [4.78, 5) is 22.6. The first-order valence-corrected chi connectivity index (χ1v) is 4.47. The van der Waals surface area contributed by atoms with Crippen LogP contribution in [0.5, 0.6) is 5.75 Å². The first kappa shape index (κ1) is 8.94. The second-order valence-electron chi connectivity index (χ2n) is 3.42. The number of ketones is 1. The molecule has 0 bridgehead atoms. The molecule has 1 heterocycles. The topological polar surface area (TPSA) is 43.4 Å². The van der Waals surface area contributed by atoms with Gasteiger partial charge >= 0.3 is 5.97 Å². The lowest BCUT2D eigenvalue weighted by Gasteiger charge is -2.04. The average Bonchev–Trinajstić information content (AvgIpc) is 2.43. The molecule has 0 spiro atoms. The van der Waals surface area contributed by atoms with Crippen molar-refractivity contribution in [3.63, 3.8) is 0 Å². The molecule has 72 valence electrons. The van der Waals surface area contributed by atoms with Crippen molar-refractivity contribution in [2.75, 3.05) is 0 Å². The fraction of sp³-hybridized carbons (Fsp3) is 0.273. The van der Waals surface area contributed by atoms with Crippen LogP contribution in [0, 0.1) is 0 Å². The van der Waals surface area contributed by atoms with Gasteiger partial charge in [0.05, 0.1) is 5.92 Å². The molecule has 0 aromatic heterocycles. The average molecular weight is 190 g/mol. The van der Waals surface area contributed by atoms with Gasteiger partial charge in [0.2, 0.25) is 0 Å². The van der Waals surface area contributed by atoms with Gasteiger partial charge in [-0.2, -0.15) is 0 Å². The maximum absolute atomic E-state index is 11.3. The minimum atomic E-state index is -0.329. The molecular formula is C11H10O3. The third kappa shape index (κ3) is 1.13. The van der Waals surface area contributed by atoms with Crippen molar-refractivity contribution in [1.29, 1.82) is 0 Å². The second kappa shape index (κ2) is 2.94. The van der Waals surface area contributed by atoms with Gasteiger partial charge < -0.3 is 4.74 Å². The van der Waals surface area contributed by atoms with Crippen LogP contribution < -0.4 is 4.74 Å². The molecule has 3 heteroatoms. The first-order valence-electron chi connectivity index (χ1n) is 4.47. The van der Waals surface area contributed by atoms with Gasteiger partial charge in [0.25, 0.3) is 0 Å². The van der Waals surface area contributed by atoms with E-state index in [2.05, 4.69) is 0 Å². The highest BCUT2D eigenvalue weighted by atomic mass is 16.5. The smallest absolute Gasteiger partial charge is 0.318 e. The van der Waals surface area contributed by atoms with Gasteiger partial charge in [-0.1, -0.05) is 12.1 Å². The van der Waals surface area contributed by atoms with E-state index in [1.807, 2.05) is 0 Å². The fourth-order valence-electron chi connectivity index (χ4n) is 1.70. The van der Waals surface area contributed by atoms with Crippen LogP contribution in [-0.4, -0.2) is 11.8 Å². The summed E-state index contributed by atoms with van der Waals surface area (Å²) in [5.74, 6) is -0.124. The van der Waals surface area contributed by atoms with E-state index in [0.29, 0.717) is 11.3 Å². The highest BCUT2D eigenvalue weighted by Crippen LogP contribution is 2.37. The molecule has 0 aliphatic carbocycles. The molecule has 1 aliphatic rings. The van der Waals surface area contributed by atoms with Crippen LogP contribution in [-0.2, 0) is 4.79 Å². The molecular weight excluding hydrogens is 180 g/mol. The number of rotatable bonds is 1. The molecule has 0 amide bonds. The molecule has 14 heavy (non-hydrogen) atoms. The highest BCUT2D eigenvalue weighted by molar-refractivity contribution is 6.00. The maximum Gasteiger partial charge on any atom is 0.318 e. The Hall–Kier alpha value is -1.64. The van der Waals surface area contributed by atoms with Crippen LogP contribution in [0.25, 0.3) is 0 Å². The zero-order chi connectivity index (χ0) is 10.3. The van der Waals surface area contributed by atoms with E-state index in [1.54, 1.807) is 25.1 Å². The van der Waals surface area contributed by atoms with E-state index in [-0.39, 0.29) is 17.7 Å². The van der Waals surface area contributed by atoms with E-state index in [4.69, 9.17) is 4.74 Å². The third-order valence-corrected chi connectivity index (χ3v) is 2.44. The second-order valence-corrected chi connectivity index (χ2v) is 3.42. The fourth-order valence-corrected chi connectivity index (χ4v) is 1.70. The lowest BCUT2D eigenvalue weighted by atomic mass is 9.95. The van der Waals surface area contributed by atoms with Crippen LogP contribution in [0.3, 0.4) is 0 Å². The predicted molar refractivity (Wildman–Crippen MR) is 50.5 cm³/mol. The normalized spacial score (nSPS) is 19.0. The Labute approximate surface area is 81.7 Å². The van der Waals surface area contributed by atoms with Crippen molar-refractivity contribution in [2.24, 2.45) is 0 Å². The Kier molecular flexibility index (Phi) is 1.88.